The molecule has 0 saturated heterocycles. The second-order valence-corrected chi connectivity index (χ2v) is 6.79. The van der Waals surface area contributed by atoms with Crippen molar-refractivity contribution in [2.24, 2.45) is 17.3 Å². The lowest BCUT2D eigenvalue weighted by Gasteiger charge is -2.38. The van der Waals surface area contributed by atoms with Gasteiger partial charge >= 0.3 is 0 Å². The van der Waals surface area contributed by atoms with Gasteiger partial charge in [-0.3, -0.25) is 0 Å². The van der Waals surface area contributed by atoms with Crippen LogP contribution in [0.1, 0.15) is 31.2 Å². The van der Waals surface area contributed by atoms with Gasteiger partial charge in [-0.05, 0) is 67.7 Å². The molecule has 3 atom stereocenters. The summed E-state index contributed by atoms with van der Waals surface area (Å²) >= 11 is 6.21. The van der Waals surface area contributed by atoms with Crippen LogP contribution in [0, 0.1) is 23.1 Å². The van der Waals surface area contributed by atoms with Gasteiger partial charge in [0.25, 0.3) is 0 Å². The molecule has 1 nitrogen and oxygen atoms in total. The second kappa shape index (κ2) is 5.06. The first-order valence-corrected chi connectivity index (χ1v) is 7.59. The third-order valence-electron chi connectivity index (χ3n) is 5.19. The molecule has 0 aliphatic heterocycles. The summed E-state index contributed by atoms with van der Waals surface area (Å²) in [4.78, 5) is 0. The molecule has 1 aromatic carbocycles. The Morgan fingerprint density at radius 2 is 2.26 bits per heavy atom. The summed E-state index contributed by atoms with van der Waals surface area (Å²) in [7, 11) is 2.03. The highest BCUT2D eigenvalue weighted by Gasteiger charge is 2.50. The standard InChI is InChI=1S/C16H21ClFN/c1-19-10-16(8-11-2-4-13(16)6-11)9-12-3-5-14(18)7-15(12)17/h3,5,7,11,13,19H,2,4,6,8-10H2,1H3. The van der Waals surface area contributed by atoms with Crippen molar-refractivity contribution in [2.75, 3.05) is 13.6 Å². The van der Waals surface area contributed by atoms with E-state index in [0.29, 0.717) is 10.4 Å². The normalized spacial score (nSPS) is 33.0. The number of fused-ring (bicyclic) bond motifs is 2. The van der Waals surface area contributed by atoms with Gasteiger partial charge in [-0.1, -0.05) is 24.1 Å². The summed E-state index contributed by atoms with van der Waals surface area (Å²) in [6.45, 7) is 1.04. The quantitative estimate of drug-likeness (QED) is 0.878. The van der Waals surface area contributed by atoms with Crippen LogP contribution >= 0.6 is 11.6 Å². The van der Waals surface area contributed by atoms with Gasteiger partial charge in [0.05, 0.1) is 0 Å². The summed E-state index contributed by atoms with van der Waals surface area (Å²) in [5.41, 5.74) is 1.44. The van der Waals surface area contributed by atoms with Crippen LogP contribution in [0.5, 0.6) is 0 Å². The zero-order chi connectivity index (χ0) is 13.5. The summed E-state index contributed by atoms with van der Waals surface area (Å²) in [5, 5.41) is 3.95. The largest absolute Gasteiger partial charge is 0.319 e. The van der Waals surface area contributed by atoms with Crippen LogP contribution in [-0.2, 0) is 6.42 Å². The number of hydrogen-bond donors (Lipinski definition) is 1. The van der Waals surface area contributed by atoms with E-state index in [2.05, 4.69) is 5.32 Å². The SMILES string of the molecule is CNCC1(Cc2ccc(F)cc2Cl)CC2CCC1C2. The Morgan fingerprint density at radius 1 is 1.42 bits per heavy atom. The molecule has 0 aromatic heterocycles. The molecule has 2 saturated carbocycles. The van der Waals surface area contributed by atoms with Crippen molar-refractivity contribution in [3.63, 3.8) is 0 Å². The number of rotatable bonds is 4. The third-order valence-corrected chi connectivity index (χ3v) is 5.54. The van der Waals surface area contributed by atoms with Crippen molar-refractivity contribution in [2.45, 2.75) is 32.1 Å². The molecule has 0 amide bonds. The second-order valence-electron chi connectivity index (χ2n) is 6.39. The van der Waals surface area contributed by atoms with Crippen LogP contribution < -0.4 is 5.32 Å². The molecular weight excluding hydrogens is 261 g/mol. The highest BCUT2D eigenvalue weighted by Crippen LogP contribution is 2.57. The highest BCUT2D eigenvalue weighted by molar-refractivity contribution is 6.31. The molecule has 19 heavy (non-hydrogen) atoms. The molecule has 1 N–H and O–H groups in total. The Labute approximate surface area is 119 Å². The van der Waals surface area contributed by atoms with Gasteiger partial charge < -0.3 is 5.32 Å². The van der Waals surface area contributed by atoms with Crippen LogP contribution in [0.3, 0.4) is 0 Å². The lowest BCUT2D eigenvalue weighted by molar-refractivity contribution is 0.160. The van der Waals surface area contributed by atoms with Gasteiger partial charge in [0.2, 0.25) is 0 Å². The van der Waals surface area contributed by atoms with E-state index in [1.165, 1.54) is 37.8 Å². The minimum absolute atomic E-state index is 0.246. The summed E-state index contributed by atoms with van der Waals surface area (Å²) in [6.07, 6.45) is 6.40. The molecule has 3 unspecified atom stereocenters. The van der Waals surface area contributed by atoms with E-state index in [0.717, 1.165) is 30.4 Å². The molecule has 2 fully saturated rings. The summed E-state index contributed by atoms with van der Waals surface area (Å²) < 4.78 is 13.2. The van der Waals surface area contributed by atoms with Crippen molar-refractivity contribution < 1.29 is 4.39 Å². The fourth-order valence-electron chi connectivity index (χ4n) is 4.45. The van der Waals surface area contributed by atoms with Crippen molar-refractivity contribution in [3.05, 3.63) is 34.6 Å². The summed E-state index contributed by atoms with van der Waals surface area (Å²) in [6, 6.07) is 4.83. The van der Waals surface area contributed by atoms with Gasteiger partial charge in [0, 0.05) is 11.6 Å². The van der Waals surface area contributed by atoms with E-state index in [4.69, 9.17) is 11.6 Å². The van der Waals surface area contributed by atoms with Gasteiger partial charge in [0.15, 0.2) is 0 Å². The fourth-order valence-corrected chi connectivity index (χ4v) is 4.68. The van der Waals surface area contributed by atoms with Crippen LogP contribution in [0.25, 0.3) is 0 Å². The topological polar surface area (TPSA) is 12.0 Å². The predicted octanol–water partition coefficient (Wildman–Crippen LogP) is 4.05. The zero-order valence-electron chi connectivity index (χ0n) is 11.4. The Morgan fingerprint density at radius 3 is 2.84 bits per heavy atom. The summed E-state index contributed by atoms with van der Waals surface area (Å²) in [5.74, 6) is 1.47. The Hall–Kier alpha value is -0.600. The first-order chi connectivity index (χ1) is 9.13. The van der Waals surface area contributed by atoms with Crippen molar-refractivity contribution >= 4 is 11.6 Å². The van der Waals surface area contributed by atoms with Crippen molar-refractivity contribution in [1.29, 1.82) is 0 Å². The number of benzene rings is 1. The average Bonchev–Trinajstić information content (AvgIpc) is 2.94. The molecule has 2 aliphatic rings. The maximum atomic E-state index is 13.2. The maximum Gasteiger partial charge on any atom is 0.124 e. The molecule has 2 bridgehead atoms. The number of halogens is 2. The Bertz CT molecular complexity index is 476. The van der Waals surface area contributed by atoms with Crippen LogP contribution in [0.4, 0.5) is 4.39 Å². The van der Waals surface area contributed by atoms with Gasteiger partial charge in [-0.15, -0.1) is 0 Å². The number of nitrogens with one attached hydrogen (secondary N) is 1. The molecule has 1 aromatic rings. The first kappa shape index (κ1) is 13.4. The monoisotopic (exact) mass is 281 g/mol. The van der Waals surface area contributed by atoms with Crippen molar-refractivity contribution in [3.8, 4) is 0 Å². The average molecular weight is 282 g/mol. The highest BCUT2D eigenvalue weighted by atomic mass is 35.5. The van der Waals surface area contributed by atoms with Crippen LogP contribution in [0.15, 0.2) is 18.2 Å². The van der Waals surface area contributed by atoms with E-state index in [1.807, 2.05) is 13.1 Å². The first-order valence-electron chi connectivity index (χ1n) is 7.21. The predicted molar refractivity (Wildman–Crippen MR) is 76.9 cm³/mol. The maximum absolute atomic E-state index is 13.2. The van der Waals surface area contributed by atoms with Gasteiger partial charge in [-0.25, -0.2) is 4.39 Å². The number of hydrogen-bond acceptors (Lipinski definition) is 1. The molecule has 0 radical (unpaired) electrons. The zero-order valence-corrected chi connectivity index (χ0v) is 12.1. The smallest absolute Gasteiger partial charge is 0.124 e. The molecule has 3 heteroatoms. The fraction of sp³-hybridized carbons (Fsp3) is 0.625. The molecule has 2 aliphatic carbocycles. The Balaban J connectivity index is 1.86. The van der Waals surface area contributed by atoms with Crippen LogP contribution in [-0.4, -0.2) is 13.6 Å². The van der Waals surface area contributed by atoms with Crippen molar-refractivity contribution in [1.82, 2.24) is 5.32 Å². The molecule has 3 rings (SSSR count). The molecule has 104 valence electrons. The van der Waals surface area contributed by atoms with Crippen LogP contribution in [0.2, 0.25) is 5.02 Å². The van der Waals surface area contributed by atoms with E-state index in [9.17, 15) is 4.39 Å². The molecule has 0 spiro atoms. The van der Waals surface area contributed by atoms with E-state index >= 15 is 0 Å². The minimum Gasteiger partial charge on any atom is -0.319 e. The molecule has 0 heterocycles. The minimum atomic E-state index is -0.246. The lowest BCUT2D eigenvalue weighted by atomic mass is 9.69. The lowest BCUT2D eigenvalue weighted by Crippen LogP contribution is -2.39. The van der Waals surface area contributed by atoms with Gasteiger partial charge in [-0.2, -0.15) is 0 Å². The van der Waals surface area contributed by atoms with E-state index < -0.39 is 0 Å². The van der Waals surface area contributed by atoms with E-state index in [-0.39, 0.29) is 5.82 Å². The van der Waals surface area contributed by atoms with Gasteiger partial charge in [0.1, 0.15) is 5.82 Å². The Kier molecular flexibility index (Phi) is 3.57. The van der Waals surface area contributed by atoms with E-state index in [1.54, 1.807) is 0 Å². The molecular formula is C16H21ClFN. The third kappa shape index (κ3) is 2.41.